The molecule has 27 heavy (non-hydrogen) atoms. The third-order valence-corrected chi connectivity index (χ3v) is 5.88. The predicted octanol–water partition coefficient (Wildman–Crippen LogP) is 4.73. The maximum absolute atomic E-state index is 6.50. The molecule has 2 N–H and O–H groups in total. The number of hydrogen-bond acceptors (Lipinski definition) is 3. The number of hydrogen-bond donors (Lipinski definition) is 1. The Morgan fingerprint density at radius 1 is 1.00 bits per heavy atom. The second kappa shape index (κ2) is 6.03. The van der Waals surface area contributed by atoms with Crippen LogP contribution in [0.5, 0.6) is 0 Å². The summed E-state index contributed by atoms with van der Waals surface area (Å²) in [6.45, 7) is 2.14. The van der Waals surface area contributed by atoms with Crippen LogP contribution >= 0.6 is 0 Å². The quantitative estimate of drug-likeness (QED) is 0.578. The van der Waals surface area contributed by atoms with E-state index in [-0.39, 0.29) is 5.54 Å². The summed E-state index contributed by atoms with van der Waals surface area (Å²) < 4.78 is 2.23. The van der Waals surface area contributed by atoms with Gasteiger partial charge in [-0.05, 0) is 55.0 Å². The Hall–Kier alpha value is -2.98. The minimum absolute atomic E-state index is 0.141. The molecule has 0 spiro atoms. The van der Waals surface area contributed by atoms with Crippen LogP contribution in [0.25, 0.3) is 28.0 Å². The third kappa shape index (κ3) is 2.48. The fraction of sp³-hybridized carbons (Fsp3) is 0.217. The zero-order valence-corrected chi connectivity index (χ0v) is 15.4. The maximum atomic E-state index is 6.50. The third-order valence-electron chi connectivity index (χ3n) is 5.88. The SMILES string of the molecule is Cc1c(-c2ccccc2)n(-c2ccc(C3(N)CCC3)cc2)c2ncncc12. The first-order chi connectivity index (χ1) is 13.2. The molecule has 0 amide bonds. The first-order valence-electron chi connectivity index (χ1n) is 9.44. The monoisotopic (exact) mass is 354 g/mol. The minimum atomic E-state index is -0.141. The van der Waals surface area contributed by atoms with Crippen molar-refractivity contribution in [2.75, 3.05) is 0 Å². The van der Waals surface area contributed by atoms with Gasteiger partial charge in [-0.2, -0.15) is 0 Å². The van der Waals surface area contributed by atoms with Gasteiger partial charge in [0.1, 0.15) is 12.0 Å². The van der Waals surface area contributed by atoms with Crippen LogP contribution in [0.2, 0.25) is 0 Å². The molecule has 0 bridgehead atoms. The second-order valence-electron chi connectivity index (χ2n) is 7.49. The Kier molecular flexibility index (Phi) is 3.62. The van der Waals surface area contributed by atoms with Crippen LogP contribution in [-0.2, 0) is 5.54 Å². The summed E-state index contributed by atoms with van der Waals surface area (Å²) in [5, 5.41) is 1.08. The average Bonchev–Trinajstić information content (AvgIpc) is 3.00. The standard InChI is InChI=1S/C23H22N4/c1-16-20-14-25-15-26-22(20)27(21(16)17-6-3-2-4-7-17)19-10-8-18(9-11-19)23(24)12-5-13-23/h2-4,6-11,14-15H,5,12-13,24H2,1H3. The van der Waals surface area contributed by atoms with Gasteiger partial charge in [0.15, 0.2) is 0 Å². The molecular weight excluding hydrogens is 332 g/mol. The van der Waals surface area contributed by atoms with Gasteiger partial charge in [0, 0.05) is 22.8 Å². The largest absolute Gasteiger partial charge is 0.321 e. The van der Waals surface area contributed by atoms with Gasteiger partial charge >= 0.3 is 0 Å². The molecule has 4 aromatic rings. The van der Waals surface area contributed by atoms with E-state index in [0.717, 1.165) is 35.3 Å². The number of nitrogens with two attached hydrogens (primary N) is 1. The lowest BCUT2D eigenvalue weighted by atomic mass is 9.73. The van der Waals surface area contributed by atoms with Crippen LogP contribution in [-0.4, -0.2) is 14.5 Å². The molecular formula is C23H22N4. The maximum Gasteiger partial charge on any atom is 0.148 e. The van der Waals surface area contributed by atoms with Crippen LogP contribution in [0.4, 0.5) is 0 Å². The fourth-order valence-electron chi connectivity index (χ4n) is 4.15. The van der Waals surface area contributed by atoms with E-state index in [9.17, 15) is 0 Å². The van der Waals surface area contributed by atoms with E-state index in [0.29, 0.717) is 0 Å². The summed E-state index contributed by atoms with van der Waals surface area (Å²) in [5.41, 5.74) is 13.1. The average molecular weight is 354 g/mol. The summed E-state index contributed by atoms with van der Waals surface area (Å²) in [6, 6.07) is 19.1. The van der Waals surface area contributed by atoms with Crippen molar-refractivity contribution in [1.29, 1.82) is 0 Å². The van der Waals surface area contributed by atoms with E-state index in [2.05, 4.69) is 70.0 Å². The summed E-state index contributed by atoms with van der Waals surface area (Å²) in [5.74, 6) is 0. The number of aryl methyl sites for hydroxylation is 1. The highest BCUT2D eigenvalue weighted by molar-refractivity contribution is 5.90. The molecule has 0 radical (unpaired) electrons. The van der Waals surface area contributed by atoms with E-state index >= 15 is 0 Å². The van der Waals surface area contributed by atoms with Crippen molar-refractivity contribution in [3.8, 4) is 16.9 Å². The van der Waals surface area contributed by atoms with Crippen LogP contribution < -0.4 is 5.73 Å². The van der Waals surface area contributed by atoms with Crippen molar-refractivity contribution in [2.24, 2.45) is 5.73 Å². The summed E-state index contributed by atoms with van der Waals surface area (Å²) >= 11 is 0. The lowest BCUT2D eigenvalue weighted by Crippen LogP contribution is -2.43. The van der Waals surface area contributed by atoms with Gasteiger partial charge in [0.2, 0.25) is 0 Å². The van der Waals surface area contributed by atoms with Gasteiger partial charge in [0.05, 0.1) is 5.69 Å². The van der Waals surface area contributed by atoms with Crippen molar-refractivity contribution >= 4 is 11.0 Å². The topological polar surface area (TPSA) is 56.7 Å². The number of fused-ring (bicyclic) bond motifs is 1. The molecule has 2 heterocycles. The van der Waals surface area contributed by atoms with Crippen LogP contribution in [0, 0.1) is 6.92 Å². The molecule has 1 fully saturated rings. The zero-order valence-electron chi connectivity index (χ0n) is 15.4. The summed E-state index contributed by atoms with van der Waals surface area (Å²) in [4.78, 5) is 8.83. The molecule has 4 nitrogen and oxygen atoms in total. The second-order valence-corrected chi connectivity index (χ2v) is 7.49. The van der Waals surface area contributed by atoms with Crippen molar-refractivity contribution in [3.63, 3.8) is 0 Å². The normalized spacial score (nSPS) is 15.6. The molecule has 1 aliphatic carbocycles. The van der Waals surface area contributed by atoms with E-state index in [4.69, 9.17) is 5.73 Å². The molecule has 5 rings (SSSR count). The van der Waals surface area contributed by atoms with E-state index in [1.807, 2.05) is 12.3 Å². The Labute approximate surface area is 158 Å². The summed E-state index contributed by atoms with van der Waals surface area (Å²) in [6.07, 6.45) is 6.87. The highest BCUT2D eigenvalue weighted by Crippen LogP contribution is 2.40. The molecule has 4 heteroatoms. The first-order valence-corrected chi connectivity index (χ1v) is 9.44. The Morgan fingerprint density at radius 3 is 2.41 bits per heavy atom. The van der Waals surface area contributed by atoms with E-state index in [1.54, 1.807) is 6.33 Å². The number of aromatic nitrogens is 3. The van der Waals surface area contributed by atoms with Gasteiger partial charge in [0.25, 0.3) is 0 Å². The van der Waals surface area contributed by atoms with E-state index in [1.165, 1.54) is 23.1 Å². The molecule has 1 aliphatic rings. The zero-order chi connectivity index (χ0) is 18.4. The highest BCUT2D eigenvalue weighted by Gasteiger charge is 2.34. The Balaban J connectivity index is 1.73. The van der Waals surface area contributed by atoms with Crippen LogP contribution in [0.1, 0.15) is 30.4 Å². The lowest BCUT2D eigenvalue weighted by molar-refractivity contribution is 0.253. The molecule has 0 atom stereocenters. The van der Waals surface area contributed by atoms with Crippen molar-refractivity contribution < 1.29 is 0 Å². The van der Waals surface area contributed by atoms with Gasteiger partial charge in [-0.15, -0.1) is 0 Å². The van der Waals surface area contributed by atoms with Gasteiger partial charge in [-0.25, -0.2) is 9.97 Å². The van der Waals surface area contributed by atoms with Crippen molar-refractivity contribution in [3.05, 3.63) is 78.2 Å². The Bertz CT molecular complexity index is 1110. The molecule has 134 valence electrons. The number of rotatable bonds is 3. The highest BCUT2D eigenvalue weighted by atomic mass is 15.1. The molecule has 0 aliphatic heterocycles. The van der Waals surface area contributed by atoms with Crippen molar-refractivity contribution in [1.82, 2.24) is 14.5 Å². The fourth-order valence-corrected chi connectivity index (χ4v) is 4.15. The number of benzene rings is 2. The smallest absolute Gasteiger partial charge is 0.148 e. The van der Waals surface area contributed by atoms with Crippen LogP contribution in [0.3, 0.4) is 0 Å². The molecule has 0 saturated heterocycles. The Morgan fingerprint density at radius 2 is 1.74 bits per heavy atom. The summed E-state index contributed by atoms with van der Waals surface area (Å²) in [7, 11) is 0. The van der Waals surface area contributed by atoms with Crippen LogP contribution in [0.15, 0.2) is 67.1 Å². The minimum Gasteiger partial charge on any atom is -0.321 e. The van der Waals surface area contributed by atoms with E-state index < -0.39 is 0 Å². The van der Waals surface area contributed by atoms with Gasteiger partial charge < -0.3 is 5.73 Å². The molecule has 2 aromatic heterocycles. The van der Waals surface area contributed by atoms with Gasteiger partial charge in [-0.3, -0.25) is 4.57 Å². The predicted molar refractivity (Wildman–Crippen MR) is 109 cm³/mol. The molecule has 1 saturated carbocycles. The first kappa shape index (κ1) is 16.2. The molecule has 2 aromatic carbocycles. The lowest BCUT2D eigenvalue weighted by Gasteiger charge is -2.38. The molecule has 0 unspecified atom stereocenters. The van der Waals surface area contributed by atoms with Crippen molar-refractivity contribution in [2.45, 2.75) is 31.7 Å². The van der Waals surface area contributed by atoms with Gasteiger partial charge in [-0.1, -0.05) is 42.5 Å². The number of nitrogens with zero attached hydrogens (tertiary/aromatic N) is 3.